The Labute approximate surface area is 157 Å². The maximum absolute atomic E-state index is 12.2. The van der Waals surface area contributed by atoms with Gasteiger partial charge in [-0.15, -0.1) is 0 Å². The molecule has 0 fully saturated rings. The normalized spacial score (nSPS) is 14.9. The number of esters is 1. The Morgan fingerprint density at radius 3 is 2.52 bits per heavy atom. The quantitative estimate of drug-likeness (QED) is 0.647. The molecule has 1 N–H and O–H groups in total. The molecule has 6 heteroatoms. The second kappa shape index (κ2) is 7.86. The molecule has 0 saturated heterocycles. The lowest BCUT2D eigenvalue weighted by molar-refractivity contribution is -0.129. The molecule has 0 aliphatic carbocycles. The third-order valence-corrected chi connectivity index (χ3v) is 3.65. The zero-order chi connectivity index (χ0) is 19.4. The molecule has 1 aliphatic heterocycles. The van der Waals surface area contributed by atoms with Crippen molar-refractivity contribution in [3.8, 4) is 5.75 Å². The number of carbonyl (C=O) groups is 2. The first-order valence-electron chi connectivity index (χ1n) is 8.58. The van der Waals surface area contributed by atoms with Crippen molar-refractivity contribution in [2.24, 2.45) is 4.99 Å². The maximum Gasteiger partial charge on any atom is 0.363 e. The summed E-state index contributed by atoms with van der Waals surface area (Å²) in [5, 5.41) is 2.68. The van der Waals surface area contributed by atoms with Gasteiger partial charge < -0.3 is 14.8 Å². The SMILES string of the molecule is CC(=O)Nc1ccc(C2=N/C(=C\c3ccccc3OC(C)C)C(=O)O2)cc1. The van der Waals surface area contributed by atoms with E-state index in [0.717, 1.165) is 5.56 Å². The molecular formula is C21H20N2O4. The Morgan fingerprint density at radius 2 is 1.85 bits per heavy atom. The number of amides is 1. The number of nitrogens with zero attached hydrogens (tertiary/aromatic N) is 1. The Balaban J connectivity index is 1.86. The van der Waals surface area contributed by atoms with Gasteiger partial charge in [-0.25, -0.2) is 9.79 Å². The number of aliphatic imine (C=N–C) groups is 1. The molecule has 6 nitrogen and oxygen atoms in total. The van der Waals surface area contributed by atoms with Gasteiger partial charge in [-0.3, -0.25) is 4.79 Å². The number of anilines is 1. The van der Waals surface area contributed by atoms with Crippen LogP contribution in [0.5, 0.6) is 5.75 Å². The van der Waals surface area contributed by atoms with Gasteiger partial charge in [0.05, 0.1) is 6.10 Å². The van der Waals surface area contributed by atoms with E-state index in [1.54, 1.807) is 30.3 Å². The number of benzene rings is 2. The van der Waals surface area contributed by atoms with Gasteiger partial charge in [0.1, 0.15) is 5.75 Å². The average Bonchev–Trinajstić information content (AvgIpc) is 2.97. The first-order valence-corrected chi connectivity index (χ1v) is 8.58. The summed E-state index contributed by atoms with van der Waals surface area (Å²) in [6.45, 7) is 5.32. The Kier molecular flexibility index (Phi) is 5.35. The van der Waals surface area contributed by atoms with E-state index in [-0.39, 0.29) is 23.6 Å². The summed E-state index contributed by atoms with van der Waals surface area (Å²) in [6.07, 6.45) is 1.67. The molecule has 0 aromatic heterocycles. The van der Waals surface area contributed by atoms with E-state index >= 15 is 0 Å². The lowest BCUT2D eigenvalue weighted by Crippen LogP contribution is -2.08. The number of ether oxygens (including phenoxy) is 2. The third kappa shape index (κ3) is 4.61. The molecule has 1 amide bonds. The molecular weight excluding hydrogens is 344 g/mol. The minimum absolute atomic E-state index is 0.0151. The predicted octanol–water partition coefficient (Wildman–Crippen LogP) is 3.78. The Hall–Kier alpha value is -3.41. The van der Waals surface area contributed by atoms with Crippen LogP contribution < -0.4 is 10.1 Å². The zero-order valence-corrected chi connectivity index (χ0v) is 15.4. The minimum Gasteiger partial charge on any atom is -0.490 e. The molecule has 0 atom stereocenters. The lowest BCUT2D eigenvalue weighted by Gasteiger charge is -2.12. The molecule has 0 unspecified atom stereocenters. The topological polar surface area (TPSA) is 77.0 Å². The van der Waals surface area contributed by atoms with Crippen LogP contribution in [0.4, 0.5) is 5.69 Å². The molecule has 0 spiro atoms. The van der Waals surface area contributed by atoms with Crippen molar-refractivity contribution in [3.63, 3.8) is 0 Å². The van der Waals surface area contributed by atoms with Crippen molar-refractivity contribution < 1.29 is 19.1 Å². The van der Waals surface area contributed by atoms with Gasteiger partial charge in [0.15, 0.2) is 5.70 Å². The summed E-state index contributed by atoms with van der Waals surface area (Å²) in [6, 6.07) is 14.3. The smallest absolute Gasteiger partial charge is 0.363 e. The van der Waals surface area contributed by atoms with Crippen LogP contribution in [0, 0.1) is 0 Å². The fourth-order valence-corrected chi connectivity index (χ4v) is 2.54. The van der Waals surface area contributed by atoms with Crippen LogP contribution in [0.1, 0.15) is 31.9 Å². The number of carbonyl (C=O) groups excluding carboxylic acids is 2. The summed E-state index contributed by atoms with van der Waals surface area (Å²) in [7, 11) is 0. The van der Waals surface area contributed by atoms with Crippen LogP contribution in [0.25, 0.3) is 6.08 Å². The van der Waals surface area contributed by atoms with Crippen LogP contribution in [-0.4, -0.2) is 23.9 Å². The van der Waals surface area contributed by atoms with Gasteiger partial charge in [0, 0.05) is 23.7 Å². The molecule has 2 aromatic rings. The molecule has 0 radical (unpaired) electrons. The fraction of sp³-hybridized carbons (Fsp3) is 0.190. The number of hydrogen-bond acceptors (Lipinski definition) is 5. The largest absolute Gasteiger partial charge is 0.490 e. The van der Waals surface area contributed by atoms with E-state index < -0.39 is 5.97 Å². The van der Waals surface area contributed by atoms with E-state index in [1.165, 1.54) is 6.92 Å². The second-order valence-electron chi connectivity index (χ2n) is 6.30. The van der Waals surface area contributed by atoms with Crippen molar-refractivity contribution in [2.45, 2.75) is 26.9 Å². The summed E-state index contributed by atoms with van der Waals surface area (Å²) in [5.74, 6) is 0.231. The van der Waals surface area contributed by atoms with E-state index in [0.29, 0.717) is 17.0 Å². The van der Waals surface area contributed by atoms with Gasteiger partial charge in [-0.05, 0) is 50.3 Å². The summed E-state index contributed by atoms with van der Waals surface area (Å²) < 4.78 is 11.1. The number of nitrogens with one attached hydrogen (secondary N) is 1. The Morgan fingerprint density at radius 1 is 1.15 bits per heavy atom. The van der Waals surface area contributed by atoms with Gasteiger partial charge in [-0.2, -0.15) is 0 Å². The Bertz CT molecular complexity index is 927. The first-order chi connectivity index (χ1) is 12.9. The average molecular weight is 364 g/mol. The van der Waals surface area contributed by atoms with Crippen molar-refractivity contribution >= 4 is 29.5 Å². The van der Waals surface area contributed by atoms with Gasteiger partial charge in [0.25, 0.3) is 0 Å². The van der Waals surface area contributed by atoms with E-state index in [9.17, 15) is 9.59 Å². The monoisotopic (exact) mass is 364 g/mol. The maximum atomic E-state index is 12.2. The highest BCUT2D eigenvalue weighted by molar-refractivity contribution is 6.13. The molecule has 1 aliphatic rings. The van der Waals surface area contributed by atoms with Crippen molar-refractivity contribution in [1.29, 1.82) is 0 Å². The highest BCUT2D eigenvalue weighted by Gasteiger charge is 2.24. The van der Waals surface area contributed by atoms with Gasteiger partial charge in [-0.1, -0.05) is 18.2 Å². The molecule has 27 heavy (non-hydrogen) atoms. The molecule has 1 heterocycles. The van der Waals surface area contributed by atoms with Crippen LogP contribution in [0.3, 0.4) is 0 Å². The van der Waals surface area contributed by atoms with Crippen molar-refractivity contribution in [1.82, 2.24) is 0 Å². The van der Waals surface area contributed by atoms with Crippen LogP contribution >= 0.6 is 0 Å². The van der Waals surface area contributed by atoms with Crippen LogP contribution in [-0.2, 0) is 14.3 Å². The van der Waals surface area contributed by atoms with Gasteiger partial charge >= 0.3 is 5.97 Å². The highest BCUT2D eigenvalue weighted by atomic mass is 16.6. The predicted molar refractivity (Wildman–Crippen MR) is 104 cm³/mol. The van der Waals surface area contributed by atoms with Crippen LogP contribution in [0.2, 0.25) is 0 Å². The van der Waals surface area contributed by atoms with E-state index in [2.05, 4.69) is 10.3 Å². The fourth-order valence-electron chi connectivity index (χ4n) is 2.54. The number of cyclic esters (lactones) is 1. The number of rotatable bonds is 5. The first kappa shape index (κ1) is 18.4. The van der Waals surface area contributed by atoms with E-state index in [1.807, 2.05) is 38.1 Å². The third-order valence-electron chi connectivity index (χ3n) is 3.65. The van der Waals surface area contributed by atoms with Gasteiger partial charge in [0.2, 0.25) is 11.8 Å². The van der Waals surface area contributed by atoms with E-state index in [4.69, 9.17) is 9.47 Å². The molecule has 3 rings (SSSR count). The molecule has 0 saturated carbocycles. The summed E-state index contributed by atoms with van der Waals surface area (Å²) >= 11 is 0. The molecule has 2 aromatic carbocycles. The number of para-hydroxylation sites is 1. The van der Waals surface area contributed by atoms with Crippen molar-refractivity contribution in [2.75, 3.05) is 5.32 Å². The summed E-state index contributed by atoms with van der Waals surface area (Å²) in [5.41, 5.74) is 2.26. The van der Waals surface area contributed by atoms with Crippen LogP contribution in [0.15, 0.2) is 59.2 Å². The standard InChI is InChI=1S/C21H20N2O4/c1-13(2)26-19-7-5-4-6-16(19)12-18-21(25)27-20(23-18)15-8-10-17(11-9-15)22-14(3)24/h4-13H,1-3H3,(H,22,24)/b18-12-. The lowest BCUT2D eigenvalue weighted by atomic mass is 10.1. The number of hydrogen-bond donors (Lipinski definition) is 1. The minimum atomic E-state index is -0.518. The summed E-state index contributed by atoms with van der Waals surface area (Å²) in [4.78, 5) is 27.6. The van der Waals surface area contributed by atoms with Crippen molar-refractivity contribution in [3.05, 3.63) is 65.4 Å². The molecule has 138 valence electrons. The zero-order valence-electron chi connectivity index (χ0n) is 15.4. The second-order valence-corrected chi connectivity index (χ2v) is 6.30. The molecule has 0 bridgehead atoms. The highest BCUT2D eigenvalue weighted by Crippen LogP contribution is 2.25.